The van der Waals surface area contributed by atoms with Gasteiger partial charge in [0.05, 0.1) is 12.7 Å². The Labute approximate surface area is 97.2 Å². The molecule has 1 aliphatic carbocycles. The molecule has 0 saturated heterocycles. The van der Waals surface area contributed by atoms with Crippen LogP contribution in [0.15, 0.2) is 0 Å². The second kappa shape index (κ2) is 5.64. The van der Waals surface area contributed by atoms with Crippen LogP contribution in [0, 0.1) is 5.92 Å². The van der Waals surface area contributed by atoms with Crippen LogP contribution in [-0.2, 0) is 9.53 Å². The first kappa shape index (κ1) is 13.5. The van der Waals surface area contributed by atoms with E-state index in [9.17, 15) is 4.79 Å². The molecule has 0 aromatic heterocycles. The minimum Gasteiger partial charge on any atom is -0.480 e. The summed E-state index contributed by atoms with van der Waals surface area (Å²) in [6.45, 7) is 3.76. The van der Waals surface area contributed by atoms with E-state index >= 15 is 0 Å². The zero-order chi connectivity index (χ0) is 12.2. The van der Waals surface area contributed by atoms with Crippen molar-refractivity contribution in [3.63, 3.8) is 0 Å². The zero-order valence-electron chi connectivity index (χ0n) is 10.2. The minimum absolute atomic E-state index is 0.101. The molecule has 0 heterocycles. The number of hydrogen-bond donors (Lipinski definition) is 2. The fourth-order valence-corrected chi connectivity index (χ4v) is 2.20. The van der Waals surface area contributed by atoms with Crippen LogP contribution < -0.4 is 5.73 Å². The molecule has 1 fully saturated rings. The van der Waals surface area contributed by atoms with Crippen molar-refractivity contribution < 1.29 is 14.6 Å². The summed E-state index contributed by atoms with van der Waals surface area (Å²) in [5.74, 6) is -0.435. The number of carbonyl (C=O) groups is 1. The molecule has 0 spiro atoms. The van der Waals surface area contributed by atoms with Crippen molar-refractivity contribution in [3.05, 3.63) is 0 Å². The van der Waals surface area contributed by atoms with Gasteiger partial charge in [-0.25, -0.2) is 0 Å². The van der Waals surface area contributed by atoms with Crippen molar-refractivity contribution in [2.75, 3.05) is 6.61 Å². The predicted molar refractivity (Wildman–Crippen MR) is 62.2 cm³/mol. The Morgan fingerprint density at radius 2 is 2.12 bits per heavy atom. The van der Waals surface area contributed by atoms with Crippen LogP contribution >= 0.6 is 0 Å². The molecule has 1 aliphatic rings. The van der Waals surface area contributed by atoms with E-state index in [1.165, 1.54) is 26.2 Å². The number of rotatable bonds is 5. The Balaban J connectivity index is 2.43. The molecule has 0 aromatic rings. The van der Waals surface area contributed by atoms with Gasteiger partial charge in [-0.1, -0.05) is 26.2 Å². The standard InChI is InChI=1S/C12H23NO3/c1-3-9-6-4-5-7-10(9)16-8-12(2,13)11(14)15/h9-10H,3-8,13H2,1-2H3,(H,14,15). The molecule has 3 N–H and O–H groups in total. The molecule has 0 aromatic carbocycles. The molecule has 1 saturated carbocycles. The third kappa shape index (κ3) is 3.46. The molecule has 94 valence electrons. The van der Waals surface area contributed by atoms with Gasteiger partial charge < -0.3 is 15.6 Å². The second-order valence-corrected chi connectivity index (χ2v) is 5.02. The zero-order valence-corrected chi connectivity index (χ0v) is 10.2. The van der Waals surface area contributed by atoms with Crippen LogP contribution in [0.25, 0.3) is 0 Å². The molecule has 0 bridgehead atoms. The van der Waals surface area contributed by atoms with Gasteiger partial charge in [-0.2, -0.15) is 0 Å². The van der Waals surface area contributed by atoms with Crippen LogP contribution in [0.5, 0.6) is 0 Å². The number of aliphatic carboxylic acids is 1. The highest BCUT2D eigenvalue weighted by Crippen LogP contribution is 2.29. The maximum atomic E-state index is 10.8. The van der Waals surface area contributed by atoms with Crippen molar-refractivity contribution in [2.45, 2.75) is 57.6 Å². The summed E-state index contributed by atoms with van der Waals surface area (Å²) in [6.07, 6.45) is 5.95. The number of hydrogen-bond acceptors (Lipinski definition) is 3. The normalized spacial score (nSPS) is 29.7. The topological polar surface area (TPSA) is 72.5 Å². The third-order valence-corrected chi connectivity index (χ3v) is 3.45. The molecule has 3 unspecified atom stereocenters. The molecule has 3 atom stereocenters. The molecular formula is C12H23NO3. The molecule has 0 radical (unpaired) electrons. The maximum absolute atomic E-state index is 10.8. The Bertz CT molecular complexity index is 240. The summed E-state index contributed by atoms with van der Waals surface area (Å²) >= 11 is 0. The molecular weight excluding hydrogens is 206 g/mol. The van der Waals surface area contributed by atoms with E-state index in [-0.39, 0.29) is 12.7 Å². The Morgan fingerprint density at radius 3 is 2.69 bits per heavy atom. The Kier molecular flexibility index (Phi) is 4.74. The van der Waals surface area contributed by atoms with E-state index in [0.29, 0.717) is 5.92 Å². The SMILES string of the molecule is CCC1CCCCC1OCC(C)(N)C(=O)O. The van der Waals surface area contributed by atoms with E-state index in [2.05, 4.69) is 6.92 Å². The lowest BCUT2D eigenvalue weighted by atomic mass is 9.84. The van der Waals surface area contributed by atoms with Crippen molar-refractivity contribution >= 4 is 5.97 Å². The summed E-state index contributed by atoms with van der Waals surface area (Å²) in [7, 11) is 0. The minimum atomic E-state index is -1.27. The van der Waals surface area contributed by atoms with Crippen LogP contribution in [0.2, 0.25) is 0 Å². The Hall–Kier alpha value is -0.610. The van der Waals surface area contributed by atoms with Gasteiger partial charge in [0.15, 0.2) is 0 Å². The first-order valence-electron chi connectivity index (χ1n) is 6.11. The van der Waals surface area contributed by atoms with E-state index < -0.39 is 11.5 Å². The summed E-state index contributed by atoms with van der Waals surface area (Å²) in [4.78, 5) is 10.8. The molecule has 0 aliphatic heterocycles. The quantitative estimate of drug-likeness (QED) is 0.753. The van der Waals surface area contributed by atoms with Gasteiger partial charge in [-0.15, -0.1) is 0 Å². The van der Waals surface area contributed by atoms with Gasteiger partial charge in [0.2, 0.25) is 0 Å². The van der Waals surface area contributed by atoms with Crippen molar-refractivity contribution in [2.24, 2.45) is 11.7 Å². The third-order valence-electron chi connectivity index (χ3n) is 3.45. The Morgan fingerprint density at radius 1 is 1.50 bits per heavy atom. The van der Waals surface area contributed by atoms with Gasteiger partial charge in [-0.3, -0.25) is 4.79 Å². The maximum Gasteiger partial charge on any atom is 0.325 e. The fraction of sp³-hybridized carbons (Fsp3) is 0.917. The van der Waals surface area contributed by atoms with Crippen LogP contribution in [0.4, 0.5) is 0 Å². The number of ether oxygens (including phenoxy) is 1. The number of carboxylic acid groups (broad SMARTS) is 1. The summed E-state index contributed by atoms with van der Waals surface area (Å²) in [6, 6.07) is 0. The second-order valence-electron chi connectivity index (χ2n) is 5.02. The molecule has 4 nitrogen and oxygen atoms in total. The van der Waals surface area contributed by atoms with Gasteiger partial charge in [0.1, 0.15) is 5.54 Å². The van der Waals surface area contributed by atoms with Crippen LogP contribution in [0.3, 0.4) is 0 Å². The molecule has 0 amide bonds. The lowest BCUT2D eigenvalue weighted by molar-refractivity contribution is -0.147. The lowest BCUT2D eigenvalue weighted by Crippen LogP contribution is -2.50. The lowest BCUT2D eigenvalue weighted by Gasteiger charge is -2.32. The summed E-state index contributed by atoms with van der Waals surface area (Å²) in [5, 5.41) is 8.89. The number of nitrogens with two attached hydrogens (primary N) is 1. The number of carboxylic acids is 1. The first-order valence-corrected chi connectivity index (χ1v) is 6.11. The van der Waals surface area contributed by atoms with Crippen LogP contribution in [-0.4, -0.2) is 29.3 Å². The predicted octanol–water partition coefficient (Wildman–Crippen LogP) is 1.77. The van der Waals surface area contributed by atoms with Crippen molar-refractivity contribution in [3.8, 4) is 0 Å². The smallest absolute Gasteiger partial charge is 0.325 e. The molecule has 4 heteroatoms. The van der Waals surface area contributed by atoms with Gasteiger partial charge in [0.25, 0.3) is 0 Å². The highest BCUT2D eigenvalue weighted by atomic mass is 16.5. The van der Waals surface area contributed by atoms with Crippen molar-refractivity contribution in [1.29, 1.82) is 0 Å². The average molecular weight is 229 g/mol. The molecule has 16 heavy (non-hydrogen) atoms. The monoisotopic (exact) mass is 229 g/mol. The fourth-order valence-electron chi connectivity index (χ4n) is 2.20. The van der Waals surface area contributed by atoms with E-state index in [0.717, 1.165) is 12.8 Å². The van der Waals surface area contributed by atoms with E-state index in [1.807, 2.05) is 0 Å². The summed E-state index contributed by atoms with van der Waals surface area (Å²) in [5.41, 5.74) is 4.37. The van der Waals surface area contributed by atoms with Crippen molar-refractivity contribution in [1.82, 2.24) is 0 Å². The van der Waals surface area contributed by atoms with Gasteiger partial charge in [-0.05, 0) is 25.7 Å². The highest BCUT2D eigenvalue weighted by molar-refractivity contribution is 5.77. The summed E-state index contributed by atoms with van der Waals surface area (Å²) < 4.78 is 5.71. The molecule has 1 rings (SSSR count). The van der Waals surface area contributed by atoms with Gasteiger partial charge >= 0.3 is 5.97 Å². The first-order chi connectivity index (χ1) is 7.47. The van der Waals surface area contributed by atoms with Crippen LogP contribution in [0.1, 0.15) is 46.0 Å². The van der Waals surface area contributed by atoms with E-state index in [4.69, 9.17) is 15.6 Å². The van der Waals surface area contributed by atoms with Gasteiger partial charge in [0, 0.05) is 0 Å². The van der Waals surface area contributed by atoms with E-state index in [1.54, 1.807) is 0 Å². The highest BCUT2D eigenvalue weighted by Gasteiger charge is 2.32. The average Bonchev–Trinajstić information content (AvgIpc) is 2.26. The largest absolute Gasteiger partial charge is 0.480 e.